The van der Waals surface area contributed by atoms with Gasteiger partial charge in [-0.25, -0.2) is 0 Å². The van der Waals surface area contributed by atoms with Gasteiger partial charge < -0.3 is 9.84 Å². The Labute approximate surface area is 122 Å². The van der Waals surface area contributed by atoms with Crippen LogP contribution in [0.15, 0.2) is 40.9 Å². The third-order valence-corrected chi connectivity index (χ3v) is 3.48. The Morgan fingerprint density at radius 2 is 1.68 bits per heavy atom. The summed E-state index contributed by atoms with van der Waals surface area (Å²) in [5.74, 6) is 1.57. The molecular formula is C16H17BrO2. The first-order valence-corrected chi connectivity index (χ1v) is 6.98. The molecule has 0 aliphatic heterocycles. The number of ether oxygens (including phenoxy) is 1. The van der Waals surface area contributed by atoms with Crippen LogP contribution < -0.4 is 4.74 Å². The average molecular weight is 321 g/mol. The highest BCUT2D eigenvalue weighted by Gasteiger charge is 2.07. The van der Waals surface area contributed by atoms with Gasteiger partial charge >= 0.3 is 0 Å². The molecule has 0 aromatic heterocycles. The molecule has 2 rings (SSSR count). The molecule has 2 nitrogen and oxygen atoms in total. The summed E-state index contributed by atoms with van der Waals surface area (Å²) >= 11 is 3.47. The lowest BCUT2D eigenvalue weighted by atomic mass is 10.1. The number of aliphatic hydroxyl groups excluding tert-OH is 1. The first-order chi connectivity index (χ1) is 8.95. The minimum Gasteiger partial charge on any atom is -0.456 e. The quantitative estimate of drug-likeness (QED) is 0.870. The summed E-state index contributed by atoms with van der Waals surface area (Å²) < 4.78 is 6.72. The molecule has 0 bridgehead atoms. The highest BCUT2D eigenvalue weighted by molar-refractivity contribution is 9.10. The molecule has 1 N–H and O–H groups in total. The Hall–Kier alpha value is -1.32. The second-order valence-corrected chi connectivity index (χ2v) is 5.65. The van der Waals surface area contributed by atoms with Crippen LogP contribution in [0.25, 0.3) is 0 Å². The number of aryl methyl sites for hydroxylation is 2. The van der Waals surface area contributed by atoms with Crippen LogP contribution in [-0.4, -0.2) is 5.11 Å². The van der Waals surface area contributed by atoms with E-state index >= 15 is 0 Å². The fraction of sp³-hybridized carbons (Fsp3) is 0.250. The summed E-state index contributed by atoms with van der Waals surface area (Å²) in [5, 5.41) is 9.54. The van der Waals surface area contributed by atoms with Gasteiger partial charge in [-0.1, -0.05) is 12.1 Å². The maximum Gasteiger partial charge on any atom is 0.141 e. The van der Waals surface area contributed by atoms with Crippen molar-refractivity contribution in [2.24, 2.45) is 0 Å². The van der Waals surface area contributed by atoms with Crippen LogP contribution in [0.5, 0.6) is 11.5 Å². The first kappa shape index (κ1) is 14.1. The van der Waals surface area contributed by atoms with Crippen molar-refractivity contribution in [3.8, 4) is 11.5 Å². The van der Waals surface area contributed by atoms with Crippen molar-refractivity contribution < 1.29 is 9.84 Å². The van der Waals surface area contributed by atoms with Crippen molar-refractivity contribution in [3.63, 3.8) is 0 Å². The molecule has 0 fully saturated rings. The molecule has 0 unspecified atom stereocenters. The largest absolute Gasteiger partial charge is 0.456 e. The van der Waals surface area contributed by atoms with Crippen LogP contribution in [0.4, 0.5) is 0 Å². The van der Waals surface area contributed by atoms with Gasteiger partial charge in [0, 0.05) is 0 Å². The Morgan fingerprint density at radius 1 is 1.05 bits per heavy atom. The topological polar surface area (TPSA) is 29.5 Å². The second kappa shape index (κ2) is 5.76. The molecule has 3 heteroatoms. The third-order valence-electron chi connectivity index (χ3n) is 2.86. The van der Waals surface area contributed by atoms with Crippen LogP contribution in [0.3, 0.4) is 0 Å². The molecule has 0 saturated heterocycles. The van der Waals surface area contributed by atoms with Gasteiger partial charge in [0.15, 0.2) is 0 Å². The fourth-order valence-electron chi connectivity index (χ4n) is 1.98. The van der Waals surface area contributed by atoms with Crippen LogP contribution in [0.2, 0.25) is 0 Å². The van der Waals surface area contributed by atoms with E-state index < -0.39 is 6.10 Å². The van der Waals surface area contributed by atoms with Crippen molar-refractivity contribution in [1.82, 2.24) is 0 Å². The van der Waals surface area contributed by atoms with Crippen molar-refractivity contribution in [2.75, 3.05) is 0 Å². The van der Waals surface area contributed by atoms with Crippen molar-refractivity contribution in [1.29, 1.82) is 0 Å². The number of rotatable bonds is 3. The summed E-state index contributed by atoms with van der Waals surface area (Å²) in [7, 11) is 0. The molecule has 2 aromatic rings. The van der Waals surface area contributed by atoms with E-state index in [0.29, 0.717) is 0 Å². The van der Waals surface area contributed by atoms with Gasteiger partial charge in [0.25, 0.3) is 0 Å². The van der Waals surface area contributed by atoms with E-state index in [1.807, 2.05) is 44.2 Å². The first-order valence-electron chi connectivity index (χ1n) is 6.19. The third kappa shape index (κ3) is 3.58. The summed E-state index contributed by atoms with van der Waals surface area (Å²) in [4.78, 5) is 0. The minimum atomic E-state index is -0.480. The molecule has 1 atom stereocenters. The Balaban J connectivity index is 2.28. The van der Waals surface area contributed by atoms with Gasteiger partial charge in [-0.3, -0.25) is 0 Å². The smallest absolute Gasteiger partial charge is 0.141 e. The van der Waals surface area contributed by atoms with Gasteiger partial charge in [0.1, 0.15) is 11.5 Å². The van der Waals surface area contributed by atoms with Gasteiger partial charge in [-0.2, -0.15) is 0 Å². The van der Waals surface area contributed by atoms with Crippen LogP contribution in [-0.2, 0) is 0 Å². The maximum atomic E-state index is 9.54. The molecule has 0 aliphatic rings. The Kier molecular flexibility index (Phi) is 4.27. The monoisotopic (exact) mass is 320 g/mol. The molecule has 0 aliphatic carbocycles. The number of hydrogen-bond acceptors (Lipinski definition) is 2. The Bertz CT molecular complexity index is 571. The SMILES string of the molecule is Cc1cc(C)cc(Oc2ccc([C@@H](C)O)cc2Br)c1. The van der Waals surface area contributed by atoms with E-state index in [1.54, 1.807) is 6.92 Å². The standard InChI is InChI=1S/C16H17BrO2/c1-10-6-11(2)8-14(7-10)19-16-5-4-13(12(3)18)9-15(16)17/h4-9,12,18H,1-3H3/t12-/m1/s1. The molecular weight excluding hydrogens is 304 g/mol. The summed E-state index contributed by atoms with van der Waals surface area (Å²) in [5.41, 5.74) is 3.21. The fourth-order valence-corrected chi connectivity index (χ4v) is 2.46. The van der Waals surface area contributed by atoms with Crippen LogP contribution in [0.1, 0.15) is 29.7 Å². The van der Waals surface area contributed by atoms with Crippen LogP contribution in [0, 0.1) is 13.8 Å². The van der Waals surface area contributed by atoms with Crippen LogP contribution >= 0.6 is 15.9 Å². The van der Waals surface area contributed by atoms with E-state index in [-0.39, 0.29) is 0 Å². The molecule has 0 amide bonds. The Morgan fingerprint density at radius 3 is 2.21 bits per heavy atom. The van der Waals surface area contributed by atoms with Gasteiger partial charge in [0.05, 0.1) is 10.6 Å². The highest BCUT2D eigenvalue weighted by Crippen LogP contribution is 2.32. The summed E-state index contributed by atoms with van der Waals surface area (Å²) in [6.45, 7) is 5.84. The van der Waals surface area contributed by atoms with E-state index in [2.05, 4.69) is 22.0 Å². The zero-order valence-electron chi connectivity index (χ0n) is 11.3. The van der Waals surface area contributed by atoms with E-state index in [9.17, 15) is 5.11 Å². The maximum absolute atomic E-state index is 9.54. The van der Waals surface area contributed by atoms with E-state index in [4.69, 9.17) is 4.74 Å². The van der Waals surface area contributed by atoms with Crippen molar-refractivity contribution in [3.05, 3.63) is 57.6 Å². The molecule has 19 heavy (non-hydrogen) atoms. The van der Waals surface area contributed by atoms with Gasteiger partial charge in [-0.05, 0) is 77.7 Å². The zero-order valence-corrected chi connectivity index (χ0v) is 12.9. The number of aliphatic hydroxyl groups is 1. The zero-order chi connectivity index (χ0) is 14.0. The normalized spacial score (nSPS) is 12.3. The summed E-state index contributed by atoms with van der Waals surface area (Å²) in [6.07, 6.45) is -0.480. The molecule has 2 aromatic carbocycles. The number of hydrogen-bond donors (Lipinski definition) is 1. The minimum absolute atomic E-state index is 0.480. The molecule has 100 valence electrons. The highest BCUT2D eigenvalue weighted by atomic mass is 79.9. The van der Waals surface area contributed by atoms with E-state index in [0.717, 1.165) is 21.5 Å². The molecule has 0 saturated carbocycles. The predicted octanol–water partition coefficient (Wildman–Crippen LogP) is 4.91. The van der Waals surface area contributed by atoms with E-state index in [1.165, 1.54) is 11.1 Å². The van der Waals surface area contributed by atoms with Crippen molar-refractivity contribution in [2.45, 2.75) is 26.9 Å². The number of halogens is 1. The lowest BCUT2D eigenvalue weighted by Gasteiger charge is -2.11. The van der Waals surface area contributed by atoms with Gasteiger partial charge in [-0.15, -0.1) is 0 Å². The summed E-state index contributed by atoms with van der Waals surface area (Å²) in [6, 6.07) is 11.7. The molecule has 0 radical (unpaired) electrons. The lowest BCUT2D eigenvalue weighted by Crippen LogP contribution is -1.93. The molecule has 0 spiro atoms. The second-order valence-electron chi connectivity index (χ2n) is 4.79. The number of benzene rings is 2. The molecule has 0 heterocycles. The predicted molar refractivity (Wildman–Crippen MR) is 80.8 cm³/mol. The average Bonchev–Trinajstić information content (AvgIpc) is 2.30. The van der Waals surface area contributed by atoms with Crippen molar-refractivity contribution >= 4 is 15.9 Å². The lowest BCUT2D eigenvalue weighted by molar-refractivity contribution is 0.199. The van der Waals surface area contributed by atoms with Gasteiger partial charge in [0.2, 0.25) is 0 Å².